The van der Waals surface area contributed by atoms with Gasteiger partial charge >= 0.3 is 19.8 Å². The number of ether oxygens (including phenoxy) is 2. The molecule has 0 saturated heterocycles. The van der Waals surface area contributed by atoms with Crippen LogP contribution in [0.5, 0.6) is 0 Å². The number of rotatable bonds is 30. The first-order valence-corrected chi connectivity index (χ1v) is 20.5. The van der Waals surface area contributed by atoms with E-state index >= 15 is 0 Å². The van der Waals surface area contributed by atoms with Crippen molar-refractivity contribution in [3.05, 3.63) is 12.2 Å². The molecule has 1 saturated carbocycles. The number of Topliss-reactive ketones (excluding diaryl/α,β-unsaturated/α-hetero) is 1. The summed E-state index contributed by atoms with van der Waals surface area (Å²) in [5, 5.41) is 31.1. The van der Waals surface area contributed by atoms with Gasteiger partial charge in [-0.1, -0.05) is 104 Å². The Hall–Kier alpha value is -1.66. The molecular weight excluding hydrogens is 667 g/mol. The van der Waals surface area contributed by atoms with Crippen LogP contribution in [0.4, 0.5) is 0 Å². The van der Waals surface area contributed by atoms with Crippen molar-refractivity contribution < 1.29 is 58.1 Å². The Bertz CT molecular complexity index is 1010. The molecule has 13 heteroatoms. The highest BCUT2D eigenvalue weighted by molar-refractivity contribution is 7.46. The van der Waals surface area contributed by atoms with E-state index in [2.05, 4.69) is 25.3 Å². The van der Waals surface area contributed by atoms with Crippen molar-refractivity contribution in [3.63, 3.8) is 0 Å². The number of carbonyl (C=O) groups is 3. The Morgan fingerprint density at radius 3 is 2.00 bits per heavy atom. The van der Waals surface area contributed by atoms with E-state index in [1.807, 2.05) is 0 Å². The molecule has 0 aromatic heterocycles. The molecular formula is C37H67O12P. The predicted octanol–water partition coefficient (Wildman–Crippen LogP) is 6.48. The van der Waals surface area contributed by atoms with E-state index in [1.54, 1.807) is 12.2 Å². The van der Waals surface area contributed by atoms with Crippen LogP contribution in [0.3, 0.4) is 0 Å². The lowest BCUT2D eigenvalue weighted by atomic mass is 9.87. The summed E-state index contributed by atoms with van der Waals surface area (Å²) in [7, 11) is -4.85. The molecule has 0 aromatic carbocycles. The van der Waals surface area contributed by atoms with Crippen molar-refractivity contribution in [1.82, 2.24) is 0 Å². The lowest BCUT2D eigenvalue weighted by Gasteiger charge is -2.20. The highest BCUT2D eigenvalue weighted by atomic mass is 31.2. The number of phosphoric acid groups is 1. The topological polar surface area (TPSA) is 197 Å². The van der Waals surface area contributed by atoms with Crippen molar-refractivity contribution >= 4 is 25.5 Å². The van der Waals surface area contributed by atoms with E-state index in [-0.39, 0.29) is 37.9 Å². The van der Waals surface area contributed by atoms with Crippen LogP contribution in [0.15, 0.2) is 12.2 Å². The molecule has 292 valence electrons. The second-order valence-electron chi connectivity index (χ2n) is 14.4. The van der Waals surface area contributed by atoms with Crippen LogP contribution in [0.25, 0.3) is 0 Å². The van der Waals surface area contributed by atoms with Crippen molar-refractivity contribution in [2.45, 2.75) is 174 Å². The number of phosphoric ester groups is 1. The Morgan fingerprint density at radius 2 is 1.36 bits per heavy atom. The molecule has 0 amide bonds. The first-order chi connectivity index (χ1) is 23.7. The van der Waals surface area contributed by atoms with Gasteiger partial charge in [-0.25, -0.2) is 4.57 Å². The smallest absolute Gasteiger partial charge is 0.462 e. The minimum Gasteiger partial charge on any atom is -0.462 e. The Morgan fingerprint density at radius 1 is 0.780 bits per heavy atom. The van der Waals surface area contributed by atoms with Gasteiger partial charge < -0.3 is 34.6 Å². The third kappa shape index (κ3) is 23.7. The van der Waals surface area contributed by atoms with Crippen molar-refractivity contribution in [2.75, 3.05) is 13.2 Å². The Labute approximate surface area is 300 Å². The van der Waals surface area contributed by atoms with E-state index in [4.69, 9.17) is 19.3 Å². The number of unbranched alkanes of at least 4 members (excludes halogenated alkanes) is 10. The van der Waals surface area contributed by atoms with Gasteiger partial charge in [-0.2, -0.15) is 0 Å². The van der Waals surface area contributed by atoms with Gasteiger partial charge in [0.1, 0.15) is 12.4 Å². The van der Waals surface area contributed by atoms with Crippen LogP contribution >= 0.6 is 7.82 Å². The number of aliphatic hydroxyl groups excluding tert-OH is 3. The first-order valence-electron chi connectivity index (χ1n) is 19.0. The van der Waals surface area contributed by atoms with Crippen LogP contribution in [-0.2, 0) is 32.9 Å². The molecule has 1 aliphatic carbocycles. The normalized spacial score (nSPS) is 20.7. The van der Waals surface area contributed by atoms with Crippen LogP contribution in [0, 0.1) is 17.8 Å². The fourth-order valence-electron chi connectivity index (χ4n) is 6.26. The zero-order chi connectivity index (χ0) is 37.4. The van der Waals surface area contributed by atoms with E-state index in [1.165, 1.54) is 32.1 Å². The summed E-state index contributed by atoms with van der Waals surface area (Å²) >= 11 is 0. The van der Waals surface area contributed by atoms with Gasteiger partial charge in [-0.05, 0) is 31.6 Å². The average Bonchev–Trinajstić information content (AvgIpc) is 3.30. The number of carbonyl (C=O) groups excluding carboxylic acids is 3. The summed E-state index contributed by atoms with van der Waals surface area (Å²) < 4.78 is 26.2. The third-order valence-corrected chi connectivity index (χ3v) is 9.68. The molecule has 1 rings (SSSR count). The van der Waals surface area contributed by atoms with Gasteiger partial charge in [0.15, 0.2) is 6.10 Å². The number of esters is 2. The summed E-state index contributed by atoms with van der Waals surface area (Å²) in [4.78, 5) is 55.6. The molecule has 6 atom stereocenters. The molecule has 0 aromatic rings. The van der Waals surface area contributed by atoms with E-state index in [9.17, 15) is 34.3 Å². The lowest BCUT2D eigenvalue weighted by Crippen LogP contribution is -2.29. The van der Waals surface area contributed by atoms with Crippen molar-refractivity contribution in [3.8, 4) is 0 Å². The van der Waals surface area contributed by atoms with Crippen LogP contribution in [-0.4, -0.2) is 80.5 Å². The summed E-state index contributed by atoms with van der Waals surface area (Å²) in [5.41, 5.74) is 0. The monoisotopic (exact) mass is 734 g/mol. The van der Waals surface area contributed by atoms with Crippen LogP contribution < -0.4 is 0 Å². The quantitative estimate of drug-likeness (QED) is 0.0233. The van der Waals surface area contributed by atoms with Gasteiger partial charge in [0.2, 0.25) is 0 Å². The SMILES string of the molecule is CCCCC[C@H](O)/C=C/[C@@H]1[C@@H](CC(=O)CCCCC(=O)O[C@H](COC(=O)CCCCCCCCCCC(C)C)COP(=O)(O)O)[C@@H](O)C[C@H]1O. The van der Waals surface area contributed by atoms with E-state index < -0.39 is 69.2 Å². The highest BCUT2D eigenvalue weighted by Crippen LogP contribution is 2.37. The minimum atomic E-state index is -4.85. The molecule has 12 nitrogen and oxygen atoms in total. The van der Waals surface area contributed by atoms with Crippen molar-refractivity contribution in [1.29, 1.82) is 0 Å². The summed E-state index contributed by atoms with van der Waals surface area (Å²) in [6.07, 6.45) is 14.5. The van der Waals surface area contributed by atoms with Gasteiger partial charge in [0, 0.05) is 43.9 Å². The number of hydrogen-bond acceptors (Lipinski definition) is 10. The van der Waals surface area contributed by atoms with Crippen LogP contribution in [0.2, 0.25) is 0 Å². The predicted molar refractivity (Wildman–Crippen MR) is 191 cm³/mol. The maximum absolute atomic E-state index is 12.7. The Balaban J connectivity index is 2.39. The molecule has 0 unspecified atom stereocenters. The fourth-order valence-corrected chi connectivity index (χ4v) is 6.62. The largest absolute Gasteiger partial charge is 0.469 e. The number of ketones is 1. The molecule has 0 aliphatic heterocycles. The maximum Gasteiger partial charge on any atom is 0.469 e. The second-order valence-corrected chi connectivity index (χ2v) is 15.6. The molecule has 50 heavy (non-hydrogen) atoms. The fraction of sp³-hybridized carbons (Fsp3) is 0.865. The third-order valence-electron chi connectivity index (χ3n) is 9.19. The second kappa shape index (κ2) is 27.0. The molecule has 0 radical (unpaired) electrons. The first kappa shape index (κ1) is 46.4. The molecule has 0 bridgehead atoms. The number of hydrogen-bond donors (Lipinski definition) is 5. The molecule has 1 fully saturated rings. The molecule has 1 aliphatic rings. The minimum absolute atomic E-state index is 0.0648. The van der Waals surface area contributed by atoms with E-state index in [0.29, 0.717) is 25.7 Å². The maximum atomic E-state index is 12.7. The van der Waals surface area contributed by atoms with Gasteiger partial charge in [-0.3, -0.25) is 18.9 Å². The summed E-state index contributed by atoms with van der Waals surface area (Å²) in [6, 6.07) is 0. The molecule has 5 N–H and O–H groups in total. The number of aliphatic hydroxyl groups is 3. The molecule has 0 heterocycles. The summed E-state index contributed by atoms with van der Waals surface area (Å²) in [5.74, 6) is -1.45. The van der Waals surface area contributed by atoms with E-state index in [0.717, 1.165) is 44.4 Å². The zero-order valence-corrected chi connectivity index (χ0v) is 31.7. The van der Waals surface area contributed by atoms with Gasteiger partial charge in [-0.15, -0.1) is 0 Å². The van der Waals surface area contributed by atoms with Gasteiger partial charge in [0.25, 0.3) is 0 Å². The van der Waals surface area contributed by atoms with Crippen LogP contribution in [0.1, 0.15) is 149 Å². The molecule has 0 spiro atoms. The average molecular weight is 735 g/mol. The zero-order valence-electron chi connectivity index (χ0n) is 30.8. The Kier molecular flexibility index (Phi) is 25.1. The standard InChI is InChI=1S/C37H67O12P/c1-4-5-12-18-29(38)22-23-32-33(35(41)25-34(32)40)24-30(39)19-15-16-21-37(43)49-31(27-48-50(44,45)46)26-47-36(42)20-14-11-9-7-6-8-10-13-17-28(2)3/h22-23,28-29,31-35,38,40-41H,4-21,24-27H2,1-3H3,(H2,44,45,46)/b23-22+/t29-,31+,32+,33+,34+,35-/m0/s1. The highest BCUT2D eigenvalue weighted by Gasteiger charge is 2.41. The summed E-state index contributed by atoms with van der Waals surface area (Å²) in [6.45, 7) is 5.50. The van der Waals surface area contributed by atoms with Gasteiger partial charge in [0.05, 0.1) is 24.9 Å². The van der Waals surface area contributed by atoms with Crippen molar-refractivity contribution in [2.24, 2.45) is 17.8 Å². The lowest BCUT2D eigenvalue weighted by molar-refractivity contribution is -0.161.